The van der Waals surface area contributed by atoms with Gasteiger partial charge >= 0.3 is 0 Å². The summed E-state index contributed by atoms with van der Waals surface area (Å²) in [5.41, 5.74) is 2.75. The highest BCUT2D eigenvalue weighted by Gasteiger charge is 2.23. The van der Waals surface area contributed by atoms with Gasteiger partial charge in [0.25, 0.3) is 5.91 Å². The molecule has 3 rings (SSSR count). The third kappa shape index (κ3) is 4.27. The minimum absolute atomic E-state index is 0.00829. The van der Waals surface area contributed by atoms with Crippen LogP contribution in [0.1, 0.15) is 36.5 Å². The highest BCUT2D eigenvalue weighted by atomic mass is 16.2. The van der Waals surface area contributed by atoms with Gasteiger partial charge in [-0.2, -0.15) is 0 Å². The number of rotatable bonds is 4. The van der Waals surface area contributed by atoms with Crippen molar-refractivity contribution in [2.75, 3.05) is 13.1 Å². The summed E-state index contributed by atoms with van der Waals surface area (Å²) in [4.78, 5) is 26.7. The fourth-order valence-electron chi connectivity index (χ4n) is 3.17. The van der Waals surface area contributed by atoms with Gasteiger partial charge in [0.1, 0.15) is 6.04 Å². The third-order valence-electron chi connectivity index (χ3n) is 4.64. The van der Waals surface area contributed by atoms with Crippen LogP contribution in [0.15, 0.2) is 54.6 Å². The fourth-order valence-corrected chi connectivity index (χ4v) is 3.17. The number of likely N-dealkylation sites (tertiary alicyclic amines) is 1. The van der Waals surface area contributed by atoms with Crippen molar-refractivity contribution in [3.63, 3.8) is 0 Å². The Morgan fingerprint density at radius 2 is 1.48 bits per heavy atom. The van der Waals surface area contributed by atoms with Crippen molar-refractivity contribution in [3.8, 4) is 11.1 Å². The Bertz CT molecular complexity index is 719. The Balaban J connectivity index is 1.61. The summed E-state index contributed by atoms with van der Waals surface area (Å²) >= 11 is 0. The Morgan fingerprint density at radius 1 is 0.880 bits per heavy atom. The second kappa shape index (κ2) is 7.97. The molecule has 0 bridgehead atoms. The van der Waals surface area contributed by atoms with Crippen molar-refractivity contribution in [2.24, 2.45) is 0 Å². The van der Waals surface area contributed by atoms with Crippen molar-refractivity contribution in [1.82, 2.24) is 10.2 Å². The largest absolute Gasteiger partial charge is 0.341 e. The fraction of sp³-hybridized carbons (Fsp3) is 0.333. The lowest BCUT2D eigenvalue weighted by Gasteiger charge is -2.29. The first-order chi connectivity index (χ1) is 12.1. The molecule has 4 heteroatoms. The number of amides is 2. The minimum atomic E-state index is -0.501. The van der Waals surface area contributed by atoms with Crippen LogP contribution in [0.3, 0.4) is 0 Å². The zero-order valence-electron chi connectivity index (χ0n) is 14.6. The maximum atomic E-state index is 12.4. The molecule has 25 heavy (non-hydrogen) atoms. The van der Waals surface area contributed by atoms with E-state index in [-0.39, 0.29) is 11.8 Å². The third-order valence-corrected chi connectivity index (χ3v) is 4.64. The molecule has 0 aliphatic carbocycles. The smallest absolute Gasteiger partial charge is 0.251 e. The standard InChI is InChI=1S/C21H24N2O2/c1-16(21(25)23-14-6-3-7-15-23)22-20(24)19-12-10-18(11-13-19)17-8-4-2-5-9-17/h2,4-5,8-13,16H,3,6-7,14-15H2,1H3,(H,22,24)/t16-/m0/s1. The summed E-state index contributed by atoms with van der Waals surface area (Å²) < 4.78 is 0. The molecule has 2 aromatic rings. The monoisotopic (exact) mass is 336 g/mol. The van der Waals surface area contributed by atoms with Gasteiger partial charge in [0.15, 0.2) is 0 Å². The van der Waals surface area contributed by atoms with Gasteiger partial charge in [-0.15, -0.1) is 0 Å². The van der Waals surface area contributed by atoms with Crippen molar-refractivity contribution in [2.45, 2.75) is 32.2 Å². The molecule has 1 heterocycles. The summed E-state index contributed by atoms with van der Waals surface area (Å²) in [6.45, 7) is 3.35. The number of nitrogens with one attached hydrogen (secondary N) is 1. The molecule has 4 nitrogen and oxygen atoms in total. The van der Waals surface area contributed by atoms with E-state index in [9.17, 15) is 9.59 Å². The van der Waals surface area contributed by atoms with Gasteiger partial charge in [-0.25, -0.2) is 0 Å². The van der Waals surface area contributed by atoms with E-state index in [2.05, 4.69) is 5.32 Å². The van der Waals surface area contributed by atoms with Gasteiger partial charge in [-0.05, 0) is 49.4 Å². The second-order valence-corrected chi connectivity index (χ2v) is 6.52. The first-order valence-corrected chi connectivity index (χ1v) is 8.90. The molecule has 0 aromatic heterocycles. The quantitative estimate of drug-likeness (QED) is 0.929. The predicted octanol–water partition coefficient (Wildman–Crippen LogP) is 3.48. The molecule has 0 spiro atoms. The first-order valence-electron chi connectivity index (χ1n) is 8.90. The highest BCUT2D eigenvalue weighted by Crippen LogP contribution is 2.19. The maximum absolute atomic E-state index is 12.4. The zero-order valence-corrected chi connectivity index (χ0v) is 14.6. The lowest BCUT2D eigenvalue weighted by molar-refractivity contribution is -0.133. The minimum Gasteiger partial charge on any atom is -0.341 e. The molecule has 0 radical (unpaired) electrons. The topological polar surface area (TPSA) is 49.4 Å². The van der Waals surface area contributed by atoms with E-state index < -0.39 is 6.04 Å². The average molecular weight is 336 g/mol. The van der Waals surface area contributed by atoms with E-state index in [1.165, 1.54) is 6.42 Å². The Labute approximate surface area is 148 Å². The lowest BCUT2D eigenvalue weighted by Crippen LogP contribution is -2.48. The van der Waals surface area contributed by atoms with E-state index in [0.29, 0.717) is 5.56 Å². The summed E-state index contributed by atoms with van der Waals surface area (Å²) in [5.74, 6) is -0.202. The molecule has 1 saturated heterocycles. The molecule has 1 N–H and O–H groups in total. The van der Waals surface area contributed by atoms with E-state index in [1.54, 1.807) is 19.1 Å². The molecule has 2 aromatic carbocycles. The highest BCUT2D eigenvalue weighted by molar-refractivity contribution is 5.97. The van der Waals surface area contributed by atoms with Gasteiger partial charge in [-0.1, -0.05) is 42.5 Å². The van der Waals surface area contributed by atoms with Crippen LogP contribution in [-0.4, -0.2) is 35.8 Å². The van der Waals surface area contributed by atoms with Crippen LogP contribution in [0.25, 0.3) is 11.1 Å². The Hall–Kier alpha value is -2.62. The van der Waals surface area contributed by atoms with Crippen LogP contribution >= 0.6 is 0 Å². The number of carbonyl (C=O) groups is 2. The van der Waals surface area contributed by atoms with Gasteiger partial charge in [0.05, 0.1) is 0 Å². The summed E-state index contributed by atoms with van der Waals surface area (Å²) in [7, 11) is 0. The molecule has 1 fully saturated rings. The van der Waals surface area contributed by atoms with Gasteiger partial charge < -0.3 is 10.2 Å². The molecule has 2 amide bonds. The molecular weight excluding hydrogens is 312 g/mol. The van der Waals surface area contributed by atoms with E-state index in [1.807, 2.05) is 47.4 Å². The molecular formula is C21H24N2O2. The van der Waals surface area contributed by atoms with E-state index in [4.69, 9.17) is 0 Å². The summed E-state index contributed by atoms with van der Waals surface area (Å²) in [6, 6.07) is 17.0. The molecule has 1 aliphatic rings. The molecule has 1 atom stereocenters. The predicted molar refractivity (Wildman–Crippen MR) is 99.2 cm³/mol. The molecule has 0 saturated carbocycles. The SMILES string of the molecule is C[C@H](NC(=O)c1ccc(-c2ccccc2)cc1)C(=O)N1CCCCC1. The second-order valence-electron chi connectivity index (χ2n) is 6.52. The summed E-state index contributed by atoms with van der Waals surface area (Å²) in [6.07, 6.45) is 3.28. The Morgan fingerprint density at radius 3 is 2.12 bits per heavy atom. The maximum Gasteiger partial charge on any atom is 0.251 e. The van der Waals surface area contributed by atoms with Crippen LogP contribution in [0.5, 0.6) is 0 Å². The normalized spacial score (nSPS) is 15.5. The summed E-state index contributed by atoms with van der Waals surface area (Å²) in [5, 5.41) is 2.82. The Kier molecular flexibility index (Phi) is 5.49. The zero-order chi connectivity index (χ0) is 17.6. The number of nitrogens with zero attached hydrogens (tertiary/aromatic N) is 1. The average Bonchev–Trinajstić information content (AvgIpc) is 2.68. The first kappa shape index (κ1) is 17.2. The van der Waals surface area contributed by atoms with Crippen molar-refractivity contribution < 1.29 is 9.59 Å². The van der Waals surface area contributed by atoms with Crippen molar-refractivity contribution in [3.05, 3.63) is 60.2 Å². The van der Waals surface area contributed by atoms with Gasteiger partial charge in [0, 0.05) is 18.7 Å². The van der Waals surface area contributed by atoms with Crippen LogP contribution in [0.4, 0.5) is 0 Å². The number of carbonyl (C=O) groups excluding carboxylic acids is 2. The van der Waals surface area contributed by atoms with Crippen molar-refractivity contribution in [1.29, 1.82) is 0 Å². The van der Waals surface area contributed by atoms with Crippen LogP contribution in [0, 0.1) is 0 Å². The van der Waals surface area contributed by atoms with Gasteiger partial charge in [0.2, 0.25) is 5.91 Å². The lowest BCUT2D eigenvalue weighted by atomic mass is 10.0. The molecule has 1 aliphatic heterocycles. The number of hydrogen-bond donors (Lipinski definition) is 1. The van der Waals surface area contributed by atoms with Crippen LogP contribution < -0.4 is 5.32 Å². The number of piperidine rings is 1. The van der Waals surface area contributed by atoms with E-state index >= 15 is 0 Å². The molecule has 0 unspecified atom stereocenters. The number of benzene rings is 2. The van der Waals surface area contributed by atoms with Crippen molar-refractivity contribution >= 4 is 11.8 Å². The van der Waals surface area contributed by atoms with Crippen LogP contribution in [-0.2, 0) is 4.79 Å². The molecule has 130 valence electrons. The van der Waals surface area contributed by atoms with E-state index in [0.717, 1.165) is 37.1 Å². The number of hydrogen-bond acceptors (Lipinski definition) is 2. The van der Waals surface area contributed by atoms with Gasteiger partial charge in [-0.3, -0.25) is 9.59 Å². The van der Waals surface area contributed by atoms with Crippen LogP contribution in [0.2, 0.25) is 0 Å².